The lowest BCUT2D eigenvalue weighted by Gasteiger charge is -2.45. The molecular weight excluding hydrogens is 328 g/mol. The summed E-state index contributed by atoms with van der Waals surface area (Å²) in [6.07, 6.45) is 7.58. The van der Waals surface area contributed by atoms with Crippen LogP contribution in [0, 0.1) is 11.8 Å². The van der Waals surface area contributed by atoms with E-state index in [1.165, 1.54) is 25.7 Å². The third-order valence-corrected chi connectivity index (χ3v) is 6.38. The van der Waals surface area contributed by atoms with Crippen molar-refractivity contribution in [3.8, 4) is 5.75 Å². The highest BCUT2D eigenvalue weighted by molar-refractivity contribution is 6.01. The SMILES string of the molecule is COc1ccccc1N1C[C@H](C(=O)N2CCC[C@@H]3CCCC[C@H]32)CC1=O. The number of carbonyl (C=O) groups excluding carboxylic acids is 2. The summed E-state index contributed by atoms with van der Waals surface area (Å²) in [5, 5.41) is 0. The molecule has 5 heteroatoms. The van der Waals surface area contributed by atoms with E-state index in [0.717, 1.165) is 25.1 Å². The molecule has 3 aliphatic rings. The summed E-state index contributed by atoms with van der Waals surface area (Å²) in [6.45, 7) is 1.32. The number of nitrogens with zero attached hydrogens (tertiary/aromatic N) is 2. The first-order valence-electron chi connectivity index (χ1n) is 9.93. The van der Waals surface area contributed by atoms with E-state index in [1.54, 1.807) is 12.0 Å². The van der Waals surface area contributed by atoms with Crippen molar-refractivity contribution < 1.29 is 14.3 Å². The van der Waals surface area contributed by atoms with E-state index in [2.05, 4.69) is 4.90 Å². The first-order valence-corrected chi connectivity index (χ1v) is 9.93. The van der Waals surface area contributed by atoms with Crippen molar-refractivity contribution in [1.29, 1.82) is 0 Å². The van der Waals surface area contributed by atoms with Crippen LogP contribution in [0.5, 0.6) is 5.75 Å². The highest BCUT2D eigenvalue weighted by atomic mass is 16.5. The Kier molecular flexibility index (Phi) is 4.88. The minimum Gasteiger partial charge on any atom is -0.495 e. The zero-order chi connectivity index (χ0) is 18.1. The standard InChI is InChI=1S/C21H28N2O3/c1-26-19-11-5-4-10-18(19)23-14-16(13-20(23)24)21(25)22-12-6-8-15-7-2-3-9-17(15)22/h4-5,10-11,15-17H,2-3,6-9,12-14H2,1H3/t15-,16+,17+/m0/s1. The largest absolute Gasteiger partial charge is 0.495 e. The fraction of sp³-hybridized carbons (Fsp3) is 0.619. The molecule has 5 nitrogen and oxygen atoms in total. The van der Waals surface area contributed by atoms with Gasteiger partial charge in [-0.1, -0.05) is 25.0 Å². The normalized spacial score (nSPS) is 28.8. The fourth-order valence-electron chi connectivity index (χ4n) is 5.09. The molecule has 0 unspecified atom stereocenters. The lowest BCUT2D eigenvalue weighted by molar-refractivity contribution is -0.142. The highest BCUT2D eigenvalue weighted by Crippen LogP contribution is 2.38. The minimum absolute atomic E-state index is 0.0186. The second kappa shape index (κ2) is 7.29. The van der Waals surface area contributed by atoms with Gasteiger partial charge in [-0.25, -0.2) is 0 Å². The van der Waals surface area contributed by atoms with E-state index in [9.17, 15) is 9.59 Å². The van der Waals surface area contributed by atoms with Crippen molar-refractivity contribution in [2.75, 3.05) is 25.1 Å². The second-order valence-electron chi connectivity index (χ2n) is 7.86. The maximum Gasteiger partial charge on any atom is 0.228 e. The number of hydrogen-bond donors (Lipinski definition) is 0. The van der Waals surface area contributed by atoms with E-state index in [1.807, 2.05) is 24.3 Å². The van der Waals surface area contributed by atoms with E-state index >= 15 is 0 Å². The predicted molar refractivity (Wildman–Crippen MR) is 100 cm³/mol. The smallest absolute Gasteiger partial charge is 0.228 e. The molecule has 2 heterocycles. The summed E-state index contributed by atoms with van der Waals surface area (Å²) < 4.78 is 5.40. The van der Waals surface area contributed by atoms with Gasteiger partial charge in [-0.2, -0.15) is 0 Å². The Morgan fingerprint density at radius 3 is 2.73 bits per heavy atom. The van der Waals surface area contributed by atoms with Gasteiger partial charge in [0.05, 0.1) is 18.7 Å². The van der Waals surface area contributed by atoms with Crippen LogP contribution < -0.4 is 9.64 Å². The number of para-hydroxylation sites is 2. The maximum absolute atomic E-state index is 13.2. The Labute approximate surface area is 155 Å². The Balaban J connectivity index is 1.50. The summed E-state index contributed by atoms with van der Waals surface area (Å²) in [5.41, 5.74) is 0.768. The lowest BCUT2D eigenvalue weighted by Crippen LogP contribution is -2.51. The van der Waals surface area contributed by atoms with Crippen LogP contribution in [0.1, 0.15) is 44.9 Å². The van der Waals surface area contributed by atoms with Gasteiger partial charge in [-0.05, 0) is 43.7 Å². The van der Waals surface area contributed by atoms with Crippen molar-refractivity contribution in [2.45, 2.75) is 51.0 Å². The van der Waals surface area contributed by atoms with E-state index in [-0.39, 0.29) is 17.7 Å². The number of rotatable bonds is 3. The molecule has 1 saturated carbocycles. The molecule has 140 valence electrons. The maximum atomic E-state index is 13.2. The topological polar surface area (TPSA) is 49.9 Å². The summed E-state index contributed by atoms with van der Waals surface area (Å²) in [5.74, 6) is 1.33. The number of likely N-dealkylation sites (tertiary alicyclic amines) is 1. The third-order valence-electron chi connectivity index (χ3n) is 6.38. The monoisotopic (exact) mass is 356 g/mol. The molecule has 1 aliphatic carbocycles. The van der Waals surface area contributed by atoms with E-state index in [0.29, 0.717) is 30.7 Å². The molecule has 2 amide bonds. The summed E-state index contributed by atoms with van der Waals surface area (Å²) in [6, 6.07) is 7.94. The van der Waals surface area contributed by atoms with Gasteiger partial charge >= 0.3 is 0 Å². The van der Waals surface area contributed by atoms with Gasteiger partial charge in [0.25, 0.3) is 0 Å². The average molecular weight is 356 g/mol. The Morgan fingerprint density at radius 1 is 1.12 bits per heavy atom. The Hall–Kier alpha value is -2.04. The molecule has 2 saturated heterocycles. The zero-order valence-electron chi connectivity index (χ0n) is 15.5. The molecule has 0 N–H and O–H groups in total. The molecule has 0 radical (unpaired) electrons. The van der Waals surface area contributed by atoms with Crippen molar-refractivity contribution in [3.05, 3.63) is 24.3 Å². The van der Waals surface area contributed by atoms with Gasteiger partial charge in [0, 0.05) is 25.6 Å². The lowest BCUT2D eigenvalue weighted by atomic mass is 9.78. The molecule has 26 heavy (non-hydrogen) atoms. The van der Waals surface area contributed by atoms with Crippen LogP contribution in [0.3, 0.4) is 0 Å². The number of hydrogen-bond acceptors (Lipinski definition) is 3. The molecule has 4 rings (SSSR count). The summed E-state index contributed by atoms with van der Waals surface area (Å²) in [7, 11) is 1.61. The molecular formula is C21H28N2O3. The van der Waals surface area contributed by atoms with Gasteiger partial charge < -0.3 is 14.5 Å². The summed E-state index contributed by atoms with van der Waals surface area (Å²) in [4.78, 5) is 29.7. The van der Waals surface area contributed by atoms with Gasteiger partial charge in [0.15, 0.2) is 0 Å². The Morgan fingerprint density at radius 2 is 1.88 bits per heavy atom. The number of amides is 2. The van der Waals surface area contributed by atoms with Gasteiger partial charge in [-0.3, -0.25) is 9.59 Å². The van der Waals surface area contributed by atoms with Gasteiger partial charge in [0.2, 0.25) is 11.8 Å². The summed E-state index contributed by atoms with van der Waals surface area (Å²) >= 11 is 0. The van der Waals surface area contributed by atoms with E-state index < -0.39 is 0 Å². The Bertz CT molecular complexity index is 688. The van der Waals surface area contributed by atoms with Gasteiger partial charge in [0.1, 0.15) is 5.75 Å². The van der Waals surface area contributed by atoms with Crippen LogP contribution in [0.4, 0.5) is 5.69 Å². The van der Waals surface area contributed by atoms with Gasteiger partial charge in [-0.15, -0.1) is 0 Å². The molecule has 3 atom stereocenters. The van der Waals surface area contributed by atoms with Crippen molar-refractivity contribution >= 4 is 17.5 Å². The van der Waals surface area contributed by atoms with Crippen LogP contribution in [-0.2, 0) is 9.59 Å². The number of methoxy groups -OCH3 is 1. The van der Waals surface area contributed by atoms with Crippen molar-refractivity contribution in [1.82, 2.24) is 4.90 Å². The number of carbonyl (C=O) groups is 2. The molecule has 1 aromatic rings. The number of fused-ring (bicyclic) bond motifs is 1. The molecule has 0 bridgehead atoms. The number of anilines is 1. The third kappa shape index (κ3) is 3.08. The minimum atomic E-state index is -0.229. The second-order valence-corrected chi connectivity index (χ2v) is 7.86. The average Bonchev–Trinajstić information content (AvgIpc) is 3.08. The van der Waals surface area contributed by atoms with Crippen LogP contribution in [-0.4, -0.2) is 43.0 Å². The first kappa shape index (κ1) is 17.4. The number of benzene rings is 1. The van der Waals surface area contributed by atoms with Crippen LogP contribution in [0.25, 0.3) is 0 Å². The quantitative estimate of drug-likeness (QED) is 0.835. The first-order chi connectivity index (χ1) is 12.7. The zero-order valence-corrected chi connectivity index (χ0v) is 15.5. The highest BCUT2D eigenvalue weighted by Gasteiger charge is 2.42. The molecule has 0 aromatic heterocycles. The number of piperidine rings is 1. The molecule has 0 spiro atoms. The van der Waals surface area contributed by atoms with E-state index in [4.69, 9.17) is 4.74 Å². The van der Waals surface area contributed by atoms with Crippen LogP contribution in [0.2, 0.25) is 0 Å². The fourth-order valence-corrected chi connectivity index (χ4v) is 5.09. The predicted octanol–water partition coefficient (Wildman–Crippen LogP) is 3.23. The van der Waals surface area contributed by atoms with Crippen LogP contribution >= 0.6 is 0 Å². The van der Waals surface area contributed by atoms with Crippen LogP contribution in [0.15, 0.2) is 24.3 Å². The number of ether oxygens (including phenoxy) is 1. The van der Waals surface area contributed by atoms with Crippen molar-refractivity contribution in [2.24, 2.45) is 11.8 Å². The molecule has 2 aliphatic heterocycles. The van der Waals surface area contributed by atoms with Crippen molar-refractivity contribution in [3.63, 3.8) is 0 Å². The molecule has 3 fully saturated rings. The molecule has 1 aromatic carbocycles.